The maximum Gasteiger partial charge on any atom is 0.243 e. The van der Waals surface area contributed by atoms with Gasteiger partial charge >= 0.3 is 0 Å². The van der Waals surface area contributed by atoms with Crippen molar-refractivity contribution in [1.29, 1.82) is 5.26 Å². The molecule has 0 bridgehead atoms. The number of halogens is 2. The second kappa shape index (κ2) is 9.80. The van der Waals surface area contributed by atoms with E-state index in [-0.39, 0.29) is 35.2 Å². The molecule has 3 rings (SSSR count). The number of piperidine rings is 1. The minimum Gasteiger partial charge on any atom is -0.355 e. The zero-order valence-corrected chi connectivity index (χ0v) is 20.3. The van der Waals surface area contributed by atoms with Gasteiger partial charge < -0.3 is 5.32 Å². The predicted octanol–water partition coefficient (Wildman–Crippen LogP) is 4.36. The molecule has 1 aliphatic heterocycles. The monoisotopic (exact) mass is 493 g/mol. The summed E-state index contributed by atoms with van der Waals surface area (Å²) in [4.78, 5) is 12.9. The van der Waals surface area contributed by atoms with Crippen LogP contribution in [0.15, 0.2) is 47.4 Å². The Labute approximate surface area is 199 Å². The van der Waals surface area contributed by atoms with Gasteiger partial charge in [-0.3, -0.25) is 4.79 Å². The van der Waals surface area contributed by atoms with Crippen molar-refractivity contribution in [1.82, 2.24) is 9.62 Å². The molecule has 0 saturated carbocycles. The van der Waals surface area contributed by atoms with E-state index in [4.69, 9.17) is 28.5 Å². The first kappa shape index (κ1) is 24.5. The number of carbonyl (C=O) groups is 1. The molecule has 0 aliphatic carbocycles. The number of hydrogen-bond acceptors (Lipinski definition) is 4. The first-order valence-corrected chi connectivity index (χ1v) is 12.5. The Kier molecular flexibility index (Phi) is 7.51. The molecule has 170 valence electrons. The van der Waals surface area contributed by atoms with Crippen LogP contribution in [-0.2, 0) is 20.2 Å². The molecule has 9 heteroatoms. The molecular weight excluding hydrogens is 469 g/mol. The molecule has 1 N–H and O–H groups in total. The normalized spacial score (nSPS) is 15.8. The molecule has 0 spiro atoms. The minimum atomic E-state index is -3.65. The van der Waals surface area contributed by atoms with Crippen molar-refractivity contribution in [2.75, 3.05) is 19.6 Å². The van der Waals surface area contributed by atoms with Gasteiger partial charge in [0.2, 0.25) is 15.9 Å². The fourth-order valence-corrected chi connectivity index (χ4v) is 5.45. The van der Waals surface area contributed by atoms with Crippen LogP contribution in [0.5, 0.6) is 0 Å². The van der Waals surface area contributed by atoms with Gasteiger partial charge in [-0.2, -0.15) is 9.57 Å². The number of carbonyl (C=O) groups excluding carboxylic acids is 1. The van der Waals surface area contributed by atoms with Crippen molar-refractivity contribution in [3.05, 3.63) is 63.6 Å². The van der Waals surface area contributed by atoms with Crippen molar-refractivity contribution in [2.24, 2.45) is 5.92 Å². The summed E-state index contributed by atoms with van der Waals surface area (Å²) >= 11 is 12.1. The number of benzene rings is 2. The Hall–Kier alpha value is -2.11. The SMILES string of the molecule is CC(C)(CNC(=O)C1CCN(S(=O)(=O)c2ccc(C#N)cc2)CC1)c1ccc(Cl)c(Cl)c1. The largest absolute Gasteiger partial charge is 0.355 e. The van der Waals surface area contributed by atoms with E-state index in [1.807, 2.05) is 32.0 Å². The molecule has 1 fully saturated rings. The summed E-state index contributed by atoms with van der Waals surface area (Å²) in [6, 6.07) is 13.3. The molecule has 1 saturated heterocycles. The molecule has 6 nitrogen and oxygen atoms in total. The summed E-state index contributed by atoms with van der Waals surface area (Å²) < 4.78 is 27.1. The summed E-state index contributed by atoms with van der Waals surface area (Å²) in [6.45, 7) is 5.00. The van der Waals surface area contributed by atoms with Gasteiger partial charge in [0.05, 0.1) is 26.6 Å². The lowest BCUT2D eigenvalue weighted by Crippen LogP contribution is -2.45. The highest BCUT2D eigenvalue weighted by molar-refractivity contribution is 7.89. The lowest BCUT2D eigenvalue weighted by Gasteiger charge is -2.32. The first-order chi connectivity index (χ1) is 15.0. The highest BCUT2D eigenvalue weighted by Crippen LogP contribution is 2.30. The minimum absolute atomic E-state index is 0.0754. The van der Waals surface area contributed by atoms with Crippen molar-refractivity contribution in [3.8, 4) is 6.07 Å². The zero-order valence-electron chi connectivity index (χ0n) is 17.9. The molecule has 1 amide bonds. The lowest BCUT2D eigenvalue weighted by atomic mass is 9.84. The Morgan fingerprint density at radius 2 is 1.75 bits per heavy atom. The Morgan fingerprint density at radius 3 is 2.31 bits per heavy atom. The van der Waals surface area contributed by atoms with E-state index in [1.54, 1.807) is 6.07 Å². The summed E-state index contributed by atoms with van der Waals surface area (Å²) in [5.41, 5.74) is 1.03. The predicted molar refractivity (Wildman–Crippen MR) is 125 cm³/mol. The van der Waals surface area contributed by atoms with Crippen LogP contribution < -0.4 is 5.32 Å². The maximum atomic E-state index is 12.9. The number of sulfonamides is 1. The van der Waals surface area contributed by atoms with Gasteiger partial charge in [-0.05, 0) is 54.8 Å². The Morgan fingerprint density at radius 1 is 1.12 bits per heavy atom. The van der Waals surface area contributed by atoms with Crippen LogP contribution in [-0.4, -0.2) is 38.3 Å². The molecule has 0 radical (unpaired) electrons. The summed E-state index contributed by atoms with van der Waals surface area (Å²) in [6.07, 6.45) is 0.906. The van der Waals surface area contributed by atoms with Gasteiger partial charge in [-0.1, -0.05) is 43.1 Å². The van der Waals surface area contributed by atoms with Gasteiger partial charge in [0.15, 0.2) is 0 Å². The molecule has 0 atom stereocenters. The van der Waals surface area contributed by atoms with Crippen LogP contribution in [0.1, 0.15) is 37.8 Å². The van der Waals surface area contributed by atoms with E-state index >= 15 is 0 Å². The van der Waals surface area contributed by atoms with Gasteiger partial charge in [0, 0.05) is 31.0 Å². The van der Waals surface area contributed by atoms with E-state index in [9.17, 15) is 13.2 Å². The van der Waals surface area contributed by atoms with Crippen molar-refractivity contribution in [3.63, 3.8) is 0 Å². The zero-order chi connectivity index (χ0) is 23.5. The second-order valence-electron chi connectivity index (χ2n) is 8.55. The molecule has 2 aromatic rings. The van der Waals surface area contributed by atoms with Crippen molar-refractivity contribution < 1.29 is 13.2 Å². The van der Waals surface area contributed by atoms with Crippen LogP contribution in [0.4, 0.5) is 0 Å². The number of nitriles is 1. The van der Waals surface area contributed by atoms with Crippen molar-refractivity contribution >= 4 is 39.1 Å². The Balaban J connectivity index is 1.57. The van der Waals surface area contributed by atoms with Gasteiger partial charge in [0.1, 0.15) is 0 Å². The van der Waals surface area contributed by atoms with Gasteiger partial charge in [0.25, 0.3) is 0 Å². The Bertz CT molecular complexity index is 1130. The molecule has 32 heavy (non-hydrogen) atoms. The fourth-order valence-electron chi connectivity index (χ4n) is 3.68. The van der Waals surface area contributed by atoms with E-state index in [0.717, 1.165) is 5.56 Å². The third-order valence-corrected chi connectivity index (χ3v) is 8.50. The molecule has 1 aliphatic rings. The van der Waals surface area contributed by atoms with Gasteiger partial charge in [-0.15, -0.1) is 0 Å². The van der Waals surface area contributed by atoms with E-state index < -0.39 is 10.0 Å². The number of rotatable bonds is 6. The number of nitrogens with one attached hydrogen (secondary N) is 1. The fraction of sp³-hybridized carbons (Fsp3) is 0.391. The first-order valence-electron chi connectivity index (χ1n) is 10.3. The highest BCUT2D eigenvalue weighted by Gasteiger charge is 2.33. The summed E-state index contributed by atoms with van der Waals surface area (Å²) in [5, 5.41) is 12.8. The maximum absolute atomic E-state index is 12.9. The highest BCUT2D eigenvalue weighted by atomic mass is 35.5. The molecule has 2 aromatic carbocycles. The average molecular weight is 494 g/mol. The number of nitrogens with zero attached hydrogens (tertiary/aromatic N) is 2. The van der Waals surface area contributed by atoms with Gasteiger partial charge in [-0.25, -0.2) is 8.42 Å². The molecule has 0 unspecified atom stereocenters. The molecular formula is C23H25Cl2N3O3S. The quantitative estimate of drug-likeness (QED) is 0.646. The average Bonchev–Trinajstić information content (AvgIpc) is 2.79. The van der Waals surface area contributed by atoms with Crippen LogP contribution >= 0.6 is 23.2 Å². The third kappa shape index (κ3) is 5.44. The van der Waals surface area contributed by atoms with E-state index in [2.05, 4.69) is 5.32 Å². The summed E-state index contributed by atoms with van der Waals surface area (Å²) in [5.74, 6) is -0.319. The lowest BCUT2D eigenvalue weighted by molar-refractivity contribution is -0.126. The standard InChI is InChI=1S/C23H25Cl2N3O3S/c1-23(2,18-5-8-20(24)21(25)13-18)15-27-22(29)17-9-11-28(12-10-17)32(30,31)19-6-3-16(14-26)4-7-19/h3-8,13,17H,9-12,15H2,1-2H3,(H,27,29). The van der Waals surface area contributed by atoms with Crippen LogP contribution in [0.2, 0.25) is 10.0 Å². The van der Waals surface area contributed by atoms with Crippen LogP contribution in [0, 0.1) is 17.2 Å². The van der Waals surface area contributed by atoms with Crippen molar-refractivity contribution in [2.45, 2.75) is 37.0 Å². The number of hydrogen-bond donors (Lipinski definition) is 1. The summed E-state index contributed by atoms with van der Waals surface area (Å²) in [7, 11) is -3.65. The third-order valence-electron chi connectivity index (χ3n) is 5.85. The number of amides is 1. The van der Waals surface area contributed by atoms with E-state index in [1.165, 1.54) is 28.6 Å². The molecule has 0 aromatic heterocycles. The topological polar surface area (TPSA) is 90.3 Å². The van der Waals surface area contributed by atoms with E-state index in [0.29, 0.717) is 35.0 Å². The smallest absolute Gasteiger partial charge is 0.243 e. The molecule has 1 heterocycles. The van der Waals surface area contributed by atoms with Crippen LogP contribution in [0.3, 0.4) is 0 Å². The van der Waals surface area contributed by atoms with Crippen LogP contribution in [0.25, 0.3) is 0 Å². The second-order valence-corrected chi connectivity index (χ2v) is 11.3.